The van der Waals surface area contributed by atoms with Crippen molar-refractivity contribution >= 4 is 55.2 Å². The molecule has 25 heavy (non-hydrogen) atoms. The topological polar surface area (TPSA) is 17.6 Å². The second-order valence-corrected chi connectivity index (χ2v) is 6.70. The predicted molar refractivity (Wildman–Crippen MR) is 106 cm³/mol. The lowest BCUT2D eigenvalue weighted by atomic mass is 10.0. The zero-order valence-corrected chi connectivity index (χ0v) is 13.8. The van der Waals surface area contributed by atoms with Gasteiger partial charge in [0, 0.05) is 44.3 Å². The summed E-state index contributed by atoms with van der Waals surface area (Å²) in [5.41, 5.74) is 6.80. The van der Waals surface area contributed by atoms with E-state index in [1.807, 2.05) is 18.2 Å². The van der Waals surface area contributed by atoms with Gasteiger partial charge in [0.2, 0.25) is 0 Å². The van der Waals surface area contributed by atoms with Gasteiger partial charge in [-0.2, -0.15) is 0 Å². The van der Waals surface area contributed by atoms with Crippen LogP contribution in [0.5, 0.6) is 0 Å². The molecular weight excluding hydrogens is 306 g/mol. The minimum absolute atomic E-state index is 0.939. The first-order valence-corrected chi connectivity index (χ1v) is 8.50. The molecule has 0 N–H and O–H groups in total. The third-order valence-corrected chi connectivity index (χ3v) is 5.51. The summed E-state index contributed by atoms with van der Waals surface area (Å²) in [4.78, 5) is 0. The Morgan fingerprint density at radius 1 is 0.840 bits per heavy atom. The maximum Gasteiger partial charge on any atom is 0.137 e. The van der Waals surface area contributed by atoms with Crippen LogP contribution in [-0.4, -0.2) is 4.40 Å². The van der Waals surface area contributed by atoms with Gasteiger partial charge < -0.3 is 8.82 Å². The molecule has 3 heterocycles. The van der Waals surface area contributed by atoms with Crippen molar-refractivity contribution in [1.82, 2.24) is 4.40 Å². The number of rotatable bonds is 1. The average Bonchev–Trinajstić information content (AvgIpc) is 3.25. The quantitative estimate of drug-likeness (QED) is 0.336. The number of nitrogens with zero attached hydrogens (tertiary/aromatic N) is 1. The molecule has 3 aromatic carbocycles. The van der Waals surface area contributed by atoms with Crippen molar-refractivity contribution in [2.45, 2.75) is 6.92 Å². The maximum absolute atomic E-state index is 6.11. The fourth-order valence-corrected chi connectivity index (χ4v) is 4.42. The van der Waals surface area contributed by atoms with Crippen LogP contribution in [0.4, 0.5) is 0 Å². The first-order valence-electron chi connectivity index (χ1n) is 8.50. The van der Waals surface area contributed by atoms with E-state index in [-0.39, 0.29) is 0 Å². The van der Waals surface area contributed by atoms with E-state index in [2.05, 4.69) is 60.4 Å². The molecule has 0 bridgehead atoms. The number of aryl methyl sites for hydroxylation is 1. The summed E-state index contributed by atoms with van der Waals surface area (Å²) < 4.78 is 8.46. The summed E-state index contributed by atoms with van der Waals surface area (Å²) in [5, 5.41) is 6.18. The number of fused-ring (bicyclic) bond motifs is 6. The third kappa shape index (κ3) is 1.42. The van der Waals surface area contributed by atoms with Gasteiger partial charge >= 0.3 is 0 Å². The second kappa shape index (κ2) is 4.22. The summed E-state index contributed by atoms with van der Waals surface area (Å²) in [6.07, 6.45) is 1.96. The van der Waals surface area contributed by atoms with Gasteiger partial charge in [0.25, 0.3) is 0 Å². The van der Waals surface area contributed by atoms with E-state index in [1.165, 1.54) is 49.2 Å². The Kier molecular flexibility index (Phi) is 2.21. The highest BCUT2D eigenvalue weighted by atomic mass is 16.3. The smallest absolute Gasteiger partial charge is 0.137 e. The van der Waals surface area contributed by atoms with E-state index >= 15 is 0 Å². The van der Waals surface area contributed by atoms with Crippen LogP contribution in [0.3, 0.4) is 0 Å². The Hall–Kier alpha value is -3.26. The van der Waals surface area contributed by atoms with Crippen LogP contribution in [0, 0.1) is 6.92 Å². The number of hydrogen-bond donors (Lipinski definition) is 0. The van der Waals surface area contributed by atoms with Crippen LogP contribution in [0.15, 0.2) is 65.6 Å². The number of furan rings is 1. The first-order chi connectivity index (χ1) is 12.3. The van der Waals surface area contributed by atoms with E-state index in [0.717, 1.165) is 11.2 Å². The lowest BCUT2D eigenvalue weighted by Crippen LogP contribution is -1.84. The summed E-state index contributed by atoms with van der Waals surface area (Å²) >= 11 is 0. The van der Waals surface area contributed by atoms with E-state index in [4.69, 9.17) is 4.42 Å². The highest BCUT2D eigenvalue weighted by Gasteiger charge is 2.19. The Balaban J connectivity index is 1.94. The average molecular weight is 321 g/mol. The molecule has 0 aliphatic heterocycles. The summed E-state index contributed by atoms with van der Waals surface area (Å²) in [6, 6.07) is 19.2. The zero-order chi connectivity index (χ0) is 16.7. The molecule has 0 saturated heterocycles. The van der Waals surface area contributed by atoms with Crippen LogP contribution in [-0.2, 0) is 0 Å². The van der Waals surface area contributed by atoms with Crippen LogP contribution in [0.25, 0.3) is 55.2 Å². The highest BCUT2D eigenvalue weighted by Crippen LogP contribution is 2.40. The second-order valence-electron chi connectivity index (χ2n) is 6.70. The minimum atomic E-state index is 0.939. The molecule has 0 aliphatic carbocycles. The van der Waals surface area contributed by atoms with Crippen LogP contribution < -0.4 is 0 Å². The van der Waals surface area contributed by atoms with Crippen molar-refractivity contribution in [2.24, 2.45) is 0 Å². The van der Waals surface area contributed by atoms with Gasteiger partial charge in [0.05, 0.1) is 11.0 Å². The molecule has 3 aromatic heterocycles. The lowest BCUT2D eigenvalue weighted by molar-refractivity contribution is 0.669. The van der Waals surface area contributed by atoms with Gasteiger partial charge in [-0.3, -0.25) is 0 Å². The third-order valence-electron chi connectivity index (χ3n) is 5.51. The molecule has 0 amide bonds. The van der Waals surface area contributed by atoms with Crippen molar-refractivity contribution in [3.63, 3.8) is 0 Å². The lowest BCUT2D eigenvalue weighted by Gasteiger charge is -1.99. The standard InChI is InChI=1S/C23H15NO/c1-3-14-13(2)24-20-12-22-19(15-7-4-5-10-21(15)25-22)11-18(20)17-9-6-8-16(14)23(17)24/h3-12H,1H2,2H3. The molecule has 6 aromatic rings. The summed E-state index contributed by atoms with van der Waals surface area (Å²) in [6.45, 7) is 6.18. The van der Waals surface area contributed by atoms with E-state index in [0.29, 0.717) is 0 Å². The monoisotopic (exact) mass is 321 g/mol. The van der Waals surface area contributed by atoms with Crippen molar-refractivity contribution in [3.8, 4) is 0 Å². The van der Waals surface area contributed by atoms with Gasteiger partial charge in [-0.15, -0.1) is 0 Å². The summed E-state index contributed by atoms with van der Waals surface area (Å²) in [5.74, 6) is 0. The van der Waals surface area contributed by atoms with Crippen molar-refractivity contribution < 1.29 is 4.42 Å². The van der Waals surface area contributed by atoms with Crippen LogP contribution in [0.1, 0.15) is 11.3 Å². The Morgan fingerprint density at radius 2 is 1.64 bits per heavy atom. The van der Waals surface area contributed by atoms with Gasteiger partial charge in [-0.05, 0) is 19.1 Å². The molecular formula is C23H15NO. The molecule has 2 nitrogen and oxygen atoms in total. The largest absolute Gasteiger partial charge is 0.456 e. The Labute approximate surface area is 143 Å². The zero-order valence-electron chi connectivity index (χ0n) is 13.8. The molecule has 0 spiro atoms. The fourth-order valence-electron chi connectivity index (χ4n) is 4.42. The van der Waals surface area contributed by atoms with Crippen molar-refractivity contribution in [2.75, 3.05) is 0 Å². The normalized spacial score (nSPS) is 12.4. The number of hydrogen-bond acceptors (Lipinski definition) is 1. The number of para-hydroxylation sites is 2. The molecule has 0 saturated carbocycles. The number of benzene rings is 3. The molecule has 6 rings (SSSR count). The van der Waals surface area contributed by atoms with Gasteiger partial charge in [-0.1, -0.05) is 49.1 Å². The molecule has 0 unspecified atom stereocenters. The maximum atomic E-state index is 6.11. The molecule has 118 valence electrons. The van der Waals surface area contributed by atoms with Crippen molar-refractivity contribution in [3.05, 3.63) is 72.4 Å². The fraction of sp³-hybridized carbons (Fsp3) is 0.0435. The van der Waals surface area contributed by atoms with Gasteiger partial charge in [0.15, 0.2) is 0 Å². The summed E-state index contributed by atoms with van der Waals surface area (Å²) in [7, 11) is 0. The van der Waals surface area contributed by atoms with Crippen molar-refractivity contribution in [1.29, 1.82) is 0 Å². The number of aromatic nitrogens is 1. The molecule has 0 atom stereocenters. The first kappa shape index (κ1) is 13.1. The Bertz CT molecular complexity index is 1460. The molecule has 0 fully saturated rings. The van der Waals surface area contributed by atoms with Crippen LogP contribution in [0.2, 0.25) is 0 Å². The Morgan fingerprint density at radius 3 is 2.52 bits per heavy atom. The molecule has 2 heteroatoms. The molecule has 0 radical (unpaired) electrons. The van der Waals surface area contributed by atoms with Gasteiger partial charge in [-0.25, -0.2) is 0 Å². The predicted octanol–water partition coefficient (Wildman–Crippen LogP) is 6.53. The van der Waals surface area contributed by atoms with Crippen LogP contribution >= 0.6 is 0 Å². The van der Waals surface area contributed by atoms with E-state index in [9.17, 15) is 0 Å². The van der Waals surface area contributed by atoms with E-state index < -0.39 is 0 Å². The SMILES string of the molecule is C=Cc1c(C)n2c3cc4oc5ccccc5c4cc3c3cccc1c32. The minimum Gasteiger partial charge on any atom is -0.456 e. The molecule has 0 aliphatic rings. The van der Waals surface area contributed by atoms with E-state index in [1.54, 1.807) is 0 Å². The van der Waals surface area contributed by atoms with Gasteiger partial charge in [0.1, 0.15) is 11.2 Å². The highest BCUT2D eigenvalue weighted by molar-refractivity contribution is 6.21.